The second kappa shape index (κ2) is 3.24. The van der Waals surface area contributed by atoms with E-state index in [1.807, 2.05) is 16.9 Å². The molecular formula is C11H14N2S. The van der Waals surface area contributed by atoms with Crippen molar-refractivity contribution >= 4 is 11.3 Å². The van der Waals surface area contributed by atoms with Gasteiger partial charge in [0.1, 0.15) is 5.00 Å². The second-order valence-electron chi connectivity index (χ2n) is 4.37. The van der Waals surface area contributed by atoms with E-state index in [2.05, 4.69) is 43.5 Å². The molecule has 0 bridgehead atoms. The minimum absolute atomic E-state index is 0.176. The Morgan fingerprint density at radius 1 is 1.36 bits per heavy atom. The van der Waals surface area contributed by atoms with Gasteiger partial charge in [0.05, 0.1) is 6.20 Å². The van der Waals surface area contributed by atoms with Crippen LogP contribution in [0.1, 0.15) is 26.3 Å². The van der Waals surface area contributed by atoms with Crippen molar-refractivity contribution in [3.8, 4) is 5.00 Å². The number of thiophene rings is 1. The summed E-state index contributed by atoms with van der Waals surface area (Å²) >= 11 is 1.70. The smallest absolute Gasteiger partial charge is 0.117 e. The molecule has 2 aromatic heterocycles. The minimum atomic E-state index is 0.176. The van der Waals surface area contributed by atoms with Crippen LogP contribution in [0.5, 0.6) is 0 Å². The largest absolute Gasteiger partial charge is 0.231 e. The number of nitrogens with zero attached hydrogens (tertiary/aromatic N) is 2. The molecule has 74 valence electrons. The quantitative estimate of drug-likeness (QED) is 0.700. The van der Waals surface area contributed by atoms with Crippen molar-refractivity contribution in [1.82, 2.24) is 9.78 Å². The predicted molar refractivity (Wildman–Crippen MR) is 60.1 cm³/mol. The summed E-state index contributed by atoms with van der Waals surface area (Å²) in [6.07, 6.45) is 4.05. The molecule has 0 fully saturated rings. The highest BCUT2D eigenvalue weighted by molar-refractivity contribution is 7.12. The molecule has 0 saturated heterocycles. The number of rotatable bonds is 1. The molecule has 2 rings (SSSR count). The Morgan fingerprint density at radius 2 is 2.14 bits per heavy atom. The van der Waals surface area contributed by atoms with Gasteiger partial charge in [0.25, 0.3) is 0 Å². The third kappa shape index (κ3) is 1.73. The zero-order chi connectivity index (χ0) is 10.2. The fourth-order valence-corrected chi connectivity index (χ4v) is 1.89. The van der Waals surface area contributed by atoms with Crippen LogP contribution in [0.25, 0.3) is 5.00 Å². The van der Waals surface area contributed by atoms with E-state index in [0.717, 1.165) is 0 Å². The van der Waals surface area contributed by atoms with Crippen molar-refractivity contribution in [3.63, 3.8) is 0 Å². The first-order valence-corrected chi connectivity index (χ1v) is 5.54. The van der Waals surface area contributed by atoms with Crippen LogP contribution in [0.4, 0.5) is 0 Å². The SMILES string of the molecule is CC(C)(C)c1cnn(-c2cccs2)c1. The maximum absolute atomic E-state index is 4.35. The first kappa shape index (κ1) is 9.46. The molecule has 0 unspecified atom stereocenters. The monoisotopic (exact) mass is 206 g/mol. The van der Waals surface area contributed by atoms with Crippen molar-refractivity contribution in [2.45, 2.75) is 26.2 Å². The van der Waals surface area contributed by atoms with Crippen molar-refractivity contribution in [3.05, 3.63) is 35.5 Å². The highest BCUT2D eigenvalue weighted by atomic mass is 32.1. The summed E-state index contributed by atoms with van der Waals surface area (Å²) in [6, 6.07) is 4.11. The van der Waals surface area contributed by atoms with Crippen molar-refractivity contribution in [2.24, 2.45) is 0 Å². The van der Waals surface area contributed by atoms with E-state index in [4.69, 9.17) is 0 Å². The molecule has 0 aliphatic heterocycles. The molecule has 2 heterocycles. The summed E-state index contributed by atoms with van der Waals surface area (Å²) in [7, 11) is 0. The number of aromatic nitrogens is 2. The summed E-state index contributed by atoms with van der Waals surface area (Å²) in [5.41, 5.74) is 1.45. The van der Waals surface area contributed by atoms with Gasteiger partial charge in [-0.3, -0.25) is 0 Å². The molecule has 0 N–H and O–H groups in total. The molecule has 0 aliphatic rings. The van der Waals surface area contributed by atoms with Gasteiger partial charge in [-0.1, -0.05) is 20.8 Å². The summed E-state index contributed by atoms with van der Waals surface area (Å²) in [4.78, 5) is 0. The Labute approximate surface area is 88.2 Å². The molecule has 2 nitrogen and oxygen atoms in total. The van der Waals surface area contributed by atoms with Crippen molar-refractivity contribution < 1.29 is 0 Å². The zero-order valence-electron chi connectivity index (χ0n) is 8.69. The van der Waals surface area contributed by atoms with Gasteiger partial charge < -0.3 is 0 Å². The predicted octanol–water partition coefficient (Wildman–Crippen LogP) is 3.23. The van der Waals surface area contributed by atoms with Gasteiger partial charge >= 0.3 is 0 Å². The van der Waals surface area contributed by atoms with Crippen LogP contribution in [0.15, 0.2) is 29.9 Å². The van der Waals surface area contributed by atoms with Crippen LogP contribution in [0.2, 0.25) is 0 Å². The van der Waals surface area contributed by atoms with E-state index in [1.165, 1.54) is 10.6 Å². The van der Waals surface area contributed by atoms with Crippen LogP contribution in [-0.4, -0.2) is 9.78 Å². The molecule has 0 aromatic carbocycles. The minimum Gasteiger partial charge on any atom is -0.231 e. The first-order chi connectivity index (χ1) is 6.57. The van der Waals surface area contributed by atoms with Gasteiger partial charge in [-0.2, -0.15) is 5.10 Å². The molecule has 0 spiro atoms. The Bertz CT molecular complexity index is 407. The fraction of sp³-hybridized carbons (Fsp3) is 0.364. The van der Waals surface area contributed by atoms with Crippen LogP contribution in [0, 0.1) is 0 Å². The average molecular weight is 206 g/mol. The topological polar surface area (TPSA) is 17.8 Å². The van der Waals surface area contributed by atoms with E-state index >= 15 is 0 Å². The van der Waals surface area contributed by atoms with E-state index in [1.54, 1.807) is 11.3 Å². The number of hydrogen-bond acceptors (Lipinski definition) is 2. The van der Waals surface area contributed by atoms with Crippen LogP contribution in [0.3, 0.4) is 0 Å². The fourth-order valence-electron chi connectivity index (χ4n) is 1.23. The van der Waals surface area contributed by atoms with E-state index in [-0.39, 0.29) is 5.41 Å². The van der Waals surface area contributed by atoms with Gasteiger partial charge in [-0.05, 0) is 28.5 Å². The summed E-state index contributed by atoms with van der Waals surface area (Å²) in [5, 5.41) is 7.58. The molecule has 0 radical (unpaired) electrons. The van der Waals surface area contributed by atoms with Gasteiger partial charge in [-0.15, -0.1) is 11.3 Å². The molecule has 0 saturated carbocycles. The average Bonchev–Trinajstić information content (AvgIpc) is 2.73. The van der Waals surface area contributed by atoms with Gasteiger partial charge in [0.15, 0.2) is 0 Å². The van der Waals surface area contributed by atoms with Crippen LogP contribution in [-0.2, 0) is 5.41 Å². The lowest BCUT2D eigenvalue weighted by atomic mass is 9.90. The van der Waals surface area contributed by atoms with Crippen LogP contribution < -0.4 is 0 Å². The first-order valence-electron chi connectivity index (χ1n) is 4.66. The molecular weight excluding hydrogens is 192 g/mol. The zero-order valence-corrected chi connectivity index (χ0v) is 9.51. The van der Waals surface area contributed by atoms with E-state index in [0.29, 0.717) is 0 Å². The Kier molecular flexibility index (Phi) is 2.19. The molecule has 2 aromatic rings. The number of hydrogen-bond donors (Lipinski definition) is 0. The van der Waals surface area contributed by atoms with Gasteiger partial charge in [-0.25, -0.2) is 4.68 Å². The second-order valence-corrected chi connectivity index (χ2v) is 5.30. The lowest BCUT2D eigenvalue weighted by Crippen LogP contribution is -2.09. The van der Waals surface area contributed by atoms with Gasteiger partial charge in [0.2, 0.25) is 0 Å². The van der Waals surface area contributed by atoms with E-state index < -0.39 is 0 Å². The standard InChI is InChI=1S/C11H14N2S/c1-11(2,3)9-7-12-13(8-9)10-5-4-6-14-10/h4-8H,1-3H3. The Hall–Kier alpha value is -1.09. The normalized spacial score (nSPS) is 11.9. The maximum atomic E-state index is 4.35. The molecule has 0 amide bonds. The lowest BCUT2D eigenvalue weighted by Gasteiger charge is -2.14. The molecule has 0 atom stereocenters. The van der Waals surface area contributed by atoms with E-state index in [9.17, 15) is 0 Å². The van der Waals surface area contributed by atoms with Gasteiger partial charge in [0, 0.05) is 6.20 Å². The summed E-state index contributed by atoms with van der Waals surface area (Å²) in [6.45, 7) is 6.59. The van der Waals surface area contributed by atoms with Crippen LogP contribution >= 0.6 is 11.3 Å². The highest BCUT2D eigenvalue weighted by Crippen LogP contribution is 2.23. The van der Waals surface area contributed by atoms with Crippen molar-refractivity contribution in [2.75, 3.05) is 0 Å². The third-order valence-electron chi connectivity index (χ3n) is 2.18. The Morgan fingerprint density at radius 3 is 2.64 bits per heavy atom. The summed E-state index contributed by atoms with van der Waals surface area (Å²) in [5.74, 6) is 0. The van der Waals surface area contributed by atoms with Crippen molar-refractivity contribution in [1.29, 1.82) is 0 Å². The molecule has 0 aliphatic carbocycles. The maximum Gasteiger partial charge on any atom is 0.117 e. The third-order valence-corrected chi connectivity index (χ3v) is 3.04. The summed E-state index contributed by atoms with van der Waals surface area (Å²) < 4.78 is 1.94. The highest BCUT2D eigenvalue weighted by Gasteiger charge is 2.15. The lowest BCUT2D eigenvalue weighted by molar-refractivity contribution is 0.590. The molecule has 3 heteroatoms. The Balaban J connectivity index is 2.36. The molecule has 14 heavy (non-hydrogen) atoms.